The number of rotatable bonds is 9. The van der Waals surface area contributed by atoms with E-state index in [-0.39, 0.29) is 23.9 Å². The molecule has 2 rings (SSSR count). The van der Waals surface area contributed by atoms with E-state index >= 15 is 0 Å². The Morgan fingerprint density at radius 3 is 2.54 bits per heavy atom. The topological polar surface area (TPSA) is 108 Å². The quantitative estimate of drug-likeness (QED) is 0.549. The third kappa shape index (κ3) is 6.33. The van der Waals surface area contributed by atoms with Crippen LogP contribution in [0.3, 0.4) is 0 Å². The van der Waals surface area contributed by atoms with Crippen molar-refractivity contribution in [1.82, 2.24) is 14.5 Å². The molecule has 0 aliphatic carbocycles. The third-order valence-corrected chi connectivity index (χ3v) is 5.89. The number of piperazine rings is 1. The van der Waals surface area contributed by atoms with Crippen LogP contribution in [-0.4, -0.2) is 76.5 Å². The van der Waals surface area contributed by atoms with Crippen molar-refractivity contribution in [2.45, 2.75) is 18.2 Å². The SMILES string of the molecule is CCN1CCN(CCC(=O)Nc2cccc(S(=O)(=O)NCCN)c2)CC1. The van der Waals surface area contributed by atoms with Crippen LogP contribution in [-0.2, 0) is 14.8 Å². The van der Waals surface area contributed by atoms with Gasteiger partial charge < -0.3 is 20.9 Å². The average Bonchev–Trinajstić information content (AvgIpc) is 2.65. The van der Waals surface area contributed by atoms with Gasteiger partial charge in [-0.25, -0.2) is 13.1 Å². The zero-order valence-corrected chi connectivity index (χ0v) is 16.1. The van der Waals surface area contributed by atoms with Gasteiger partial charge in [0.15, 0.2) is 0 Å². The van der Waals surface area contributed by atoms with Crippen molar-refractivity contribution < 1.29 is 13.2 Å². The molecule has 1 saturated heterocycles. The van der Waals surface area contributed by atoms with Gasteiger partial charge in [0, 0.05) is 57.9 Å². The summed E-state index contributed by atoms with van der Waals surface area (Å²) in [5.74, 6) is -0.118. The van der Waals surface area contributed by atoms with Crippen molar-refractivity contribution in [1.29, 1.82) is 0 Å². The van der Waals surface area contributed by atoms with Crippen molar-refractivity contribution in [2.24, 2.45) is 5.73 Å². The highest BCUT2D eigenvalue weighted by molar-refractivity contribution is 7.89. The minimum Gasteiger partial charge on any atom is -0.329 e. The van der Waals surface area contributed by atoms with Gasteiger partial charge in [0.05, 0.1) is 4.90 Å². The Kier molecular flexibility index (Phi) is 7.98. The van der Waals surface area contributed by atoms with Crippen molar-refractivity contribution in [2.75, 3.05) is 57.7 Å². The fourth-order valence-corrected chi connectivity index (χ4v) is 3.92. The molecule has 0 radical (unpaired) electrons. The monoisotopic (exact) mass is 383 g/mol. The summed E-state index contributed by atoms with van der Waals surface area (Å²) in [7, 11) is -3.61. The second-order valence-corrected chi connectivity index (χ2v) is 8.06. The number of amides is 1. The van der Waals surface area contributed by atoms with Crippen molar-refractivity contribution in [3.63, 3.8) is 0 Å². The third-order valence-electron chi connectivity index (χ3n) is 4.43. The van der Waals surface area contributed by atoms with E-state index in [2.05, 4.69) is 26.8 Å². The van der Waals surface area contributed by atoms with Gasteiger partial charge in [0.25, 0.3) is 0 Å². The van der Waals surface area contributed by atoms with E-state index in [0.29, 0.717) is 18.7 Å². The van der Waals surface area contributed by atoms with Gasteiger partial charge >= 0.3 is 0 Å². The number of nitrogens with one attached hydrogen (secondary N) is 2. The Balaban J connectivity index is 1.84. The average molecular weight is 384 g/mol. The number of hydrogen-bond acceptors (Lipinski definition) is 6. The summed E-state index contributed by atoms with van der Waals surface area (Å²) in [6.07, 6.45) is 0.383. The van der Waals surface area contributed by atoms with Crippen LogP contribution >= 0.6 is 0 Å². The number of nitrogens with zero attached hydrogens (tertiary/aromatic N) is 2. The van der Waals surface area contributed by atoms with Crippen LogP contribution in [0.25, 0.3) is 0 Å². The molecule has 0 unspecified atom stereocenters. The number of sulfonamides is 1. The molecule has 0 atom stereocenters. The molecular formula is C17H29N5O3S. The lowest BCUT2D eigenvalue weighted by atomic mass is 10.2. The lowest BCUT2D eigenvalue weighted by Gasteiger charge is -2.33. The van der Waals surface area contributed by atoms with Crippen LogP contribution in [0.15, 0.2) is 29.2 Å². The van der Waals surface area contributed by atoms with E-state index in [4.69, 9.17) is 5.73 Å². The molecule has 26 heavy (non-hydrogen) atoms. The zero-order valence-electron chi connectivity index (χ0n) is 15.3. The predicted octanol–water partition coefficient (Wildman–Crippen LogP) is -0.110. The molecule has 1 aliphatic heterocycles. The van der Waals surface area contributed by atoms with E-state index < -0.39 is 10.0 Å². The molecule has 1 fully saturated rings. The highest BCUT2D eigenvalue weighted by Gasteiger charge is 2.17. The minimum absolute atomic E-state index is 0.111. The Labute approximate surface area is 155 Å². The van der Waals surface area contributed by atoms with Gasteiger partial charge in [-0.15, -0.1) is 0 Å². The fraction of sp³-hybridized carbons (Fsp3) is 0.588. The van der Waals surface area contributed by atoms with Gasteiger partial charge in [-0.05, 0) is 24.7 Å². The fourth-order valence-electron chi connectivity index (χ4n) is 2.83. The molecule has 0 aromatic heterocycles. The van der Waals surface area contributed by atoms with Gasteiger partial charge in [0.1, 0.15) is 0 Å². The summed E-state index contributed by atoms with van der Waals surface area (Å²) < 4.78 is 26.7. The Morgan fingerprint density at radius 2 is 1.88 bits per heavy atom. The summed E-state index contributed by atoms with van der Waals surface area (Å²) in [6, 6.07) is 6.23. The van der Waals surface area contributed by atoms with E-state index in [9.17, 15) is 13.2 Å². The first-order valence-electron chi connectivity index (χ1n) is 8.99. The maximum atomic E-state index is 12.2. The molecule has 146 valence electrons. The van der Waals surface area contributed by atoms with Crippen LogP contribution in [0, 0.1) is 0 Å². The normalized spacial score (nSPS) is 16.5. The molecule has 8 nitrogen and oxygen atoms in total. The van der Waals surface area contributed by atoms with Crippen molar-refractivity contribution in [3.8, 4) is 0 Å². The summed E-state index contributed by atoms with van der Waals surface area (Å²) in [5, 5.41) is 2.78. The molecule has 1 heterocycles. The Morgan fingerprint density at radius 1 is 1.19 bits per heavy atom. The predicted molar refractivity (Wildman–Crippen MR) is 102 cm³/mol. The zero-order chi connectivity index (χ0) is 19.0. The van der Waals surface area contributed by atoms with Gasteiger partial charge in [0.2, 0.25) is 15.9 Å². The van der Waals surface area contributed by atoms with E-state index in [1.54, 1.807) is 12.1 Å². The maximum Gasteiger partial charge on any atom is 0.240 e. The van der Waals surface area contributed by atoms with Crippen LogP contribution in [0.4, 0.5) is 5.69 Å². The molecule has 1 amide bonds. The number of carbonyl (C=O) groups excluding carboxylic acids is 1. The van der Waals surface area contributed by atoms with Crippen LogP contribution in [0.1, 0.15) is 13.3 Å². The van der Waals surface area contributed by atoms with Crippen molar-refractivity contribution in [3.05, 3.63) is 24.3 Å². The lowest BCUT2D eigenvalue weighted by molar-refractivity contribution is -0.116. The van der Waals surface area contributed by atoms with E-state index in [1.165, 1.54) is 12.1 Å². The molecule has 1 aromatic rings. The van der Waals surface area contributed by atoms with Gasteiger partial charge in [-0.3, -0.25) is 4.79 Å². The summed E-state index contributed by atoms with van der Waals surface area (Å²) in [6.45, 7) is 8.34. The molecule has 0 saturated carbocycles. The maximum absolute atomic E-state index is 12.2. The van der Waals surface area contributed by atoms with E-state index in [0.717, 1.165) is 32.7 Å². The Bertz CT molecular complexity index is 687. The van der Waals surface area contributed by atoms with Crippen LogP contribution < -0.4 is 15.8 Å². The number of hydrogen-bond donors (Lipinski definition) is 3. The summed E-state index contributed by atoms with van der Waals surface area (Å²) >= 11 is 0. The lowest BCUT2D eigenvalue weighted by Crippen LogP contribution is -2.46. The molecular weight excluding hydrogens is 354 g/mol. The first-order chi connectivity index (χ1) is 12.4. The number of likely N-dealkylation sites (N-methyl/N-ethyl adjacent to an activating group) is 1. The standard InChI is InChI=1S/C17H29N5O3S/c1-2-21-10-12-22(13-11-21)9-6-17(23)20-15-4-3-5-16(14-15)26(24,25)19-8-7-18/h3-5,14,19H,2,6-13,18H2,1H3,(H,20,23). The highest BCUT2D eigenvalue weighted by atomic mass is 32.2. The van der Waals surface area contributed by atoms with E-state index in [1.807, 2.05) is 0 Å². The van der Waals surface area contributed by atoms with Gasteiger partial charge in [-0.1, -0.05) is 13.0 Å². The highest BCUT2D eigenvalue weighted by Crippen LogP contribution is 2.15. The number of anilines is 1. The smallest absolute Gasteiger partial charge is 0.240 e. The largest absolute Gasteiger partial charge is 0.329 e. The van der Waals surface area contributed by atoms with Crippen molar-refractivity contribution >= 4 is 21.6 Å². The van der Waals surface area contributed by atoms with Crippen LogP contribution in [0.2, 0.25) is 0 Å². The van der Waals surface area contributed by atoms with Gasteiger partial charge in [-0.2, -0.15) is 0 Å². The Hall–Kier alpha value is -1.52. The molecule has 9 heteroatoms. The second kappa shape index (κ2) is 9.98. The number of nitrogens with two attached hydrogens (primary N) is 1. The first kappa shape index (κ1) is 20.8. The number of carbonyl (C=O) groups is 1. The second-order valence-electron chi connectivity index (χ2n) is 6.29. The summed E-state index contributed by atoms with van der Waals surface area (Å²) in [4.78, 5) is 17.0. The molecule has 0 bridgehead atoms. The van der Waals surface area contributed by atoms with Crippen LogP contribution in [0.5, 0.6) is 0 Å². The molecule has 1 aromatic carbocycles. The molecule has 1 aliphatic rings. The minimum atomic E-state index is -3.61. The first-order valence-corrected chi connectivity index (χ1v) is 10.5. The molecule has 4 N–H and O–H groups in total. The number of benzene rings is 1. The summed E-state index contributed by atoms with van der Waals surface area (Å²) in [5.41, 5.74) is 5.80. The molecule has 0 spiro atoms.